The number of hydrogen-bond donors (Lipinski definition) is 2. The van der Waals surface area contributed by atoms with Crippen LogP contribution in [-0.2, 0) is 6.54 Å². The maximum Gasteiger partial charge on any atom is 0.166 e. The molecule has 6 heteroatoms. The van der Waals surface area contributed by atoms with Crippen molar-refractivity contribution in [2.24, 2.45) is 0 Å². The van der Waals surface area contributed by atoms with Crippen molar-refractivity contribution < 1.29 is 0 Å². The van der Waals surface area contributed by atoms with Crippen LogP contribution in [0.3, 0.4) is 0 Å². The molecule has 0 amide bonds. The zero-order valence-electron chi connectivity index (χ0n) is 11.0. The van der Waals surface area contributed by atoms with E-state index in [1.165, 1.54) is 6.42 Å². The van der Waals surface area contributed by atoms with Crippen molar-refractivity contribution in [2.45, 2.75) is 39.7 Å². The van der Waals surface area contributed by atoms with E-state index >= 15 is 0 Å². The first kappa shape index (κ1) is 15.4. The van der Waals surface area contributed by atoms with Crippen LogP contribution in [0.4, 0.5) is 0 Å². The van der Waals surface area contributed by atoms with Crippen LogP contribution in [0.25, 0.3) is 0 Å². The summed E-state index contributed by atoms with van der Waals surface area (Å²) in [6.45, 7) is 6.88. The van der Waals surface area contributed by atoms with Gasteiger partial charge in [-0.3, -0.25) is 4.68 Å². The Morgan fingerprint density at radius 2 is 2.06 bits per heavy atom. The molecule has 0 aliphatic rings. The van der Waals surface area contributed by atoms with Gasteiger partial charge in [0.05, 0.1) is 10.2 Å². The van der Waals surface area contributed by atoms with E-state index in [9.17, 15) is 0 Å². The highest BCUT2D eigenvalue weighted by Gasteiger charge is 2.01. The Balaban J connectivity index is 2.09. The van der Waals surface area contributed by atoms with E-state index in [1.54, 1.807) is 0 Å². The molecule has 102 valence electrons. The van der Waals surface area contributed by atoms with Crippen molar-refractivity contribution in [2.75, 3.05) is 13.1 Å². The van der Waals surface area contributed by atoms with Gasteiger partial charge in [-0.1, -0.05) is 13.3 Å². The van der Waals surface area contributed by atoms with E-state index in [0.717, 1.165) is 47.8 Å². The number of aromatic nitrogens is 2. The lowest BCUT2D eigenvalue weighted by Gasteiger charge is -2.09. The molecule has 1 aromatic heterocycles. The van der Waals surface area contributed by atoms with Crippen molar-refractivity contribution in [1.82, 2.24) is 20.4 Å². The molecular formula is C12H21BrN4S. The molecule has 0 spiro atoms. The van der Waals surface area contributed by atoms with Crippen molar-refractivity contribution in [3.05, 3.63) is 16.4 Å². The number of unbranched alkanes of at least 4 members (excludes halogenated alkanes) is 1. The van der Waals surface area contributed by atoms with E-state index in [4.69, 9.17) is 12.2 Å². The van der Waals surface area contributed by atoms with E-state index in [1.807, 2.05) is 17.8 Å². The quantitative estimate of drug-likeness (QED) is 0.595. The number of aryl methyl sites for hydroxylation is 2. The molecule has 0 aromatic carbocycles. The SMILES string of the molecule is CCCCNC(=S)NCCCn1cc(Br)c(C)n1. The summed E-state index contributed by atoms with van der Waals surface area (Å²) in [6.07, 6.45) is 5.35. The molecule has 4 nitrogen and oxygen atoms in total. The van der Waals surface area contributed by atoms with Gasteiger partial charge in [-0.25, -0.2) is 0 Å². The lowest BCUT2D eigenvalue weighted by molar-refractivity contribution is 0.568. The van der Waals surface area contributed by atoms with E-state index in [0.29, 0.717) is 0 Å². The highest BCUT2D eigenvalue weighted by Crippen LogP contribution is 2.13. The lowest BCUT2D eigenvalue weighted by Crippen LogP contribution is -2.36. The van der Waals surface area contributed by atoms with Crippen LogP contribution in [0.15, 0.2) is 10.7 Å². The molecule has 0 unspecified atom stereocenters. The first-order valence-electron chi connectivity index (χ1n) is 6.34. The molecule has 0 atom stereocenters. The third-order valence-electron chi connectivity index (χ3n) is 2.55. The zero-order valence-corrected chi connectivity index (χ0v) is 13.4. The Labute approximate surface area is 123 Å². The predicted molar refractivity (Wildman–Crippen MR) is 82.8 cm³/mol. The second kappa shape index (κ2) is 8.48. The van der Waals surface area contributed by atoms with Crippen LogP contribution in [0.1, 0.15) is 31.9 Å². The number of thiocarbonyl (C=S) groups is 1. The average molecular weight is 333 g/mol. The highest BCUT2D eigenvalue weighted by molar-refractivity contribution is 9.10. The van der Waals surface area contributed by atoms with Crippen LogP contribution >= 0.6 is 28.1 Å². The van der Waals surface area contributed by atoms with E-state index < -0.39 is 0 Å². The minimum atomic E-state index is 0.751. The lowest BCUT2D eigenvalue weighted by atomic mass is 10.3. The summed E-state index contributed by atoms with van der Waals surface area (Å²) in [5.41, 5.74) is 1.03. The molecule has 1 aromatic rings. The van der Waals surface area contributed by atoms with E-state index in [2.05, 4.69) is 38.6 Å². The maximum atomic E-state index is 5.17. The van der Waals surface area contributed by atoms with Gasteiger partial charge in [0.2, 0.25) is 0 Å². The minimum Gasteiger partial charge on any atom is -0.363 e. The van der Waals surface area contributed by atoms with Gasteiger partial charge in [0.1, 0.15) is 0 Å². The molecule has 0 aliphatic carbocycles. The summed E-state index contributed by atoms with van der Waals surface area (Å²) in [4.78, 5) is 0. The average Bonchev–Trinajstić information content (AvgIpc) is 2.65. The van der Waals surface area contributed by atoms with Gasteiger partial charge in [-0.15, -0.1) is 0 Å². The molecule has 0 fully saturated rings. The first-order chi connectivity index (χ1) is 8.63. The normalized spacial score (nSPS) is 10.4. The van der Waals surface area contributed by atoms with Gasteiger partial charge in [0.15, 0.2) is 5.11 Å². The Morgan fingerprint density at radius 1 is 1.39 bits per heavy atom. The Bertz CT molecular complexity index is 359. The van der Waals surface area contributed by atoms with E-state index in [-0.39, 0.29) is 0 Å². The van der Waals surface area contributed by atoms with Crippen molar-refractivity contribution >= 4 is 33.3 Å². The standard InChI is InChI=1S/C12H21BrN4S/c1-3-4-6-14-12(18)15-7-5-8-17-9-11(13)10(2)16-17/h9H,3-8H2,1-2H3,(H2,14,15,18). The van der Waals surface area contributed by atoms with Crippen LogP contribution < -0.4 is 10.6 Å². The van der Waals surface area contributed by atoms with Crippen molar-refractivity contribution in [3.63, 3.8) is 0 Å². The Hall–Kier alpha value is -0.620. The summed E-state index contributed by atoms with van der Waals surface area (Å²) in [6, 6.07) is 0. The highest BCUT2D eigenvalue weighted by atomic mass is 79.9. The van der Waals surface area contributed by atoms with Crippen LogP contribution in [-0.4, -0.2) is 28.0 Å². The molecule has 1 rings (SSSR count). The van der Waals surface area contributed by atoms with Gasteiger partial charge in [-0.05, 0) is 47.9 Å². The number of hydrogen-bond acceptors (Lipinski definition) is 2. The number of rotatable bonds is 7. The monoisotopic (exact) mass is 332 g/mol. The predicted octanol–water partition coefficient (Wildman–Crippen LogP) is 2.61. The second-order valence-electron chi connectivity index (χ2n) is 4.22. The molecule has 18 heavy (non-hydrogen) atoms. The fourth-order valence-electron chi connectivity index (χ4n) is 1.49. The van der Waals surface area contributed by atoms with Gasteiger partial charge < -0.3 is 10.6 Å². The maximum absolute atomic E-state index is 5.17. The second-order valence-corrected chi connectivity index (χ2v) is 5.48. The zero-order chi connectivity index (χ0) is 13.4. The Kier molecular flexibility index (Phi) is 7.27. The molecule has 0 aliphatic heterocycles. The molecule has 0 saturated heterocycles. The van der Waals surface area contributed by atoms with Crippen molar-refractivity contribution in [1.29, 1.82) is 0 Å². The minimum absolute atomic E-state index is 0.751. The number of nitrogens with one attached hydrogen (secondary N) is 2. The van der Waals surface area contributed by atoms with Gasteiger partial charge in [0, 0.05) is 25.8 Å². The van der Waals surface area contributed by atoms with Crippen LogP contribution in [0.2, 0.25) is 0 Å². The third kappa shape index (κ3) is 5.82. The number of halogens is 1. The Morgan fingerprint density at radius 3 is 2.61 bits per heavy atom. The summed E-state index contributed by atoms with van der Waals surface area (Å²) >= 11 is 8.62. The molecule has 1 heterocycles. The summed E-state index contributed by atoms with van der Waals surface area (Å²) in [5.74, 6) is 0. The summed E-state index contributed by atoms with van der Waals surface area (Å²) < 4.78 is 3.02. The summed E-state index contributed by atoms with van der Waals surface area (Å²) in [7, 11) is 0. The smallest absolute Gasteiger partial charge is 0.166 e. The van der Waals surface area contributed by atoms with Gasteiger partial charge >= 0.3 is 0 Å². The van der Waals surface area contributed by atoms with Crippen LogP contribution in [0, 0.1) is 6.92 Å². The topological polar surface area (TPSA) is 41.9 Å². The van der Waals surface area contributed by atoms with Gasteiger partial charge in [0.25, 0.3) is 0 Å². The molecule has 0 saturated carbocycles. The molecule has 0 bridgehead atoms. The first-order valence-corrected chi connectivity index (χ1v) is 7.55. The third-order valence-corrected chi connectivity index (χ3v) is 3.62. The van der Waals surface area contributed by atoms with Crippen molar-refractivity contribution in [3.8, 4) is 0 Å². The largest absolute Gasteiger partial charge is 0.363 e. The summed E-state index contributed by atoms with van der Waals surface area (Å²) in [5, 5.41) is 11.5. The molecular weight excluding hydrogens is 312 g/mol. The fourth-order valence-corrected chi connectivity index (χ4v) is 2.01. The van der Waals surface area contributed by atoms with Gasteiger partial charge in [-0.2, -0.15) is 5.10 Å². The van der Waals surface area contributed by atoms with Crippen LogP contribution in [0.5, 0.6) is 0 Å². The molecule has 0 radical (unpaired) electrons. The fraction of sp³-hybridized carbons (Fsp3) is 0.667. The molecule has 2 N–H and O–H groups in total. The number of nitrogens with zero attached hydrogens (tertiary/aromatic N) is 2.